The van der Waals surface area contributed by atoms with Gasteiger partial charge in [0.2, 0.25) is 0 Å². The van der Waals surface area contributed by atoms with Gasteiger partial charge in [-0.3, -0.25) is 0 Å². The van der Waals surface area contributed by atoms with Gasteiger partial charge < -0.3 is 0 Å². The Morgan fingerprint density at radius 2 is 1.10 bits per heavy atom. The Morgan fingerprint density at radius 1 is 0.613 bits per heavy atom. The summed E-state index contributed by atoms with van der Waals surface area (Å²) in [5, 5.41) is 13.0. The van der Waals surface area contributed by atoms with Crippen LogP contribution >= 0.6 is 7.26 Å². The molecule has 2 heteroatoms. The molecular formula is C29H25NP+. The fourth-order valence-corrected chi connectivity index (χ4v) is 8.37. The molecule has 0 aromatic heterocycles. The van der Waals surface area contributed by atoms with Gasteiger partial charge in [-0.25, -0.2) is 0 Å². The van der Waals surface area contributed by atoms with Gasteiger partial charge >= 0.3 is 0 Å². The Hall–Kier alpha value is -3.46. The number of allylic oxidation sites excluding steroid dienone is 2. The fourth-order valence-electron chi connectivity index (χ4n) is 4.15. The maximum absolute atomic E-state index is 8.80. The summed E-state index contributed by atoms with van der Waals surface area (Å²) in [6.45, 7) is 0. The first-order valence-corrected chi connectivity index (χ1v) is 12.5. The van der Waals surface area contributed by atoms with Gasteiger partial charge in [0.15, 0.2) is 0 Å². The molecule has 4 aromatic rings. The third-order valence-corrected chi connectivity index (χ3v) is 9.93. The molecule has 0 saturated heterocycles. The van der Waals surface area contributed by atoms with E-state index in [4.69, 9.17) is 5.26 Å². The highest BCUT2D eigenvalue weighted by molar-refractivity contribution is 7.95. The minimum atomic E-state index is -1.90. The van der Waals surface area contributed by atoms with Gasteiger partial charge in [0.05, 0.1) is 12.2 Å². The van der Waals surface area contributed by atoms with Crippen LogP contribution in [0.5, 0.6) is 0 Å². The van der Waals surface area contributed by atoms with Gasteiger partial charge in [0.25, 0.3) is 0 Å². The second-order valence-corrected chi connectivity index (χ2v) is 11.0. The summed E-state index contributed by atoms with van der Waals surface area (Å²) < 4.78 is 0. The molecule has 0 aliphatic rings. The van der Waals surface area contributed by atoms with Gasteiger partial charge in [0.1, 0.15) is 23.2 Å². The molecule has 0 saturated carbocycles. The summed E-state index contributed by atoms with van der Waals surface area (Å²) in [5.41, 5.74) is 2.56. The van der Waals surface area contributed by atoms with Crippen LogP contribution in [0.2, 0.25) is 0 Å². The average molecular weight is 419 g/mol. The average Bonchev–Trinajstić information content (AvgIpc) is 2.85. The number of nitriles is 1. The third-order valence-electron chi connectivity index (χ3n) is 5.55. The molecule has 0 atom stereocenters. The molecule has 0 N–H and O–H groups in total. The Kier molecular flexibility index (Phi) is 6.73. The van der Waals surface area contributed by atoms with Crippen LogP contribution in [0.3, 0.4) is 0 Å². The predicted octanol–water partition coefficient (Wildman–Crippen LogP) is 5.80. The first-order valence-electron chi connectivity index (χ1n) is 10.5. The van der Waals surface area contributed by atoms with Gasteiger partial charge in [0, 0.05) is 6.08 Å². The number of nitrogens with zero attached hydrogens (tertiary/aromatic N) is 1. The molecule has 0 heterocycles. The first kappa shape index (κ1) is 20.8. The second kappa shape index (κ2) is 10.0. The molecule has 4 rings (SSSR count). The van der Waals surface area contributed by atoms with E-state index in [2.05, 4.69) is 121 Å². The number of rotatable bonds is 7. The van der Waals surface area contributed by atoms with E-state index in [-0.39, 0.29) is 0 Å². The van der Waals surface area contributed by atoms with Gasteiger partial charge in [-0.15, -0.1) is 0 Å². The van der Waals surface area contributed by atoms with Crippen LogP contribution in [0.25, 0.3) is 0 Å². The molecule has 4 aromatic carbocycles. The summed E-state index contributed by atoms with van der Waals surface area (Å²) in [6.07, 6.45) is 5.21. The van der Waals surface area contributed by atoms with Crippen LogP contribution in [-0.4, -0.2) is 0 Å². The highest BCUT2D eigenvalue weighted by atomic mass is 31.2. The van der Waals surface area contributed by atoms with Gasteiger partial charge in [-0.1, -0.05) is 84.9 Å². The Bertz CT molecular complexity index is 1080. The molecule has 150 valence electrons. The zero-order chi connectivity index (χ0) is 21.4. The lowest BCUT2D eigenvalue weighted by molar-refractivity contribution is 1.24. The Labute approximate surface area is 185 Å². The van der Waals surface area contributed by atoms with Crippen molar-refractivity contribution in [3.8, 4) is 6.07 Å². The summed E-state index contributed by atoms with van der Waals surface area (Å²) in [4.78, 5) is 0. The minimum Gasteiger partial charge on any atom is -0.193 e. The van der Waals surface area contributed by atoms with Crippen LogP contribution in [0.4, 0.5) is 0 Å². The van der Waals surface area contributed by atoms with Crippen LogP contribution < -0.4 is 15.9 Å². The van der Waals surface area contributed by atoms with E-state index in [1.165, 1.54) is 27.0 Å². The molecule has 0 amide bonds. The summed E-state index contributed by atoms with van der Waals surface area (Å²) in [7, 11) is -1.90. The molecule has 0 radical (unpaired) electrons. The smallest absolute Gasteiger partial charge is 0.116 e. The Morgan fingerprint density at radius 3 is 1.58 bits per heavy atom. The van der Waals surface area contributed by atoms with Crippen molar-refractivity contribution in [2.24, 2.45) is 0 Å². The van der Waals surface area contributed by atoms with E-state index in [0.29, 0.717) is 0 Å². The van der Waals surface area contributed by atoms with Crippen molar-refractivity contribution in [2.75, 3.05) is 0 Å². The normalized spacial score (nSPS) is 11.3. The maximum Gasteiger partial charge on any atom is 0.116 e. The number of benzene rings is 4. The Balaban J connectivity index is 1.88. The van der Waals surface area contributed by atoms with Crippen molar-refractivity contribution in [3.05, 3.63) is 139 Å². The molecule has 0 aliphatic heterocycles. The monoisotopic (exact) mass is 418 g/mol. The zero-order valence-corrected chi connectivity index (χ0v) is 18.3. The molecule has 0 aliphatic carbocycles. The van der Waals surface area contributed by atoms with E-state index < -0.39 is 7.26 Å². The van der Waals surface area contributed by atoms with Gasteiger partial charge in [-0.05, 0) is 53.9 Å². The predicted molar refractivity (Wildman–Crippen MR) is 134 cm³/mol. The minimum absolute atomic E-state index is 0.773. The van der Waals surface area contributed by atoms with Crippen molar-refractivity contribution in [3.63, 3.8) is 0 Å². The van der Waals surface area contributed by atoms with Crippen molar-refractivity contribution < 1.29 is 0 Å². The largest absolute Gasteiger partial charge is 0.193 e. The van der Waals surface area contributed by atoms with Gasteiger partial charge in [-0.2, -0.15) is 5.26 Å². The second-order valence-electron chi connectivity index (χ2n) is 7.53. The van der Waals surface area contributed by atoms with Crippen molar-refractivity contribution in [1.29, 1.82) is 5.26 Å². The van der Waals surface area contributed by atoms with E-state index >= 15 is 0 Å². The highest BCUT2D eigenvalue weighted by Crippen LogP contribution is 2.58. The standard InChI is InChI=1S/C29H25NP/c30-22-11-10-13-25-14-12-15-26(23-25)24-31(27-16-4-1-5-17-27,28-18-6-2-7-19-28)29-20-8-3-9-21-29/h1-12,14-21,23H,13,24H2/q+1. The molecule has 0 spiro atoms. The lowest BCUT2D eigenvalue weighted by Gasteiger charge is -2.28. The van der Waals surface area contributed by atoms with Crippen LogP contribution in [0.15, 0.2) is 127 Å². The first-order chi connectivity index (χ1) is 15.3. The molecule has 0 fully saturated rings. The van der Waals surface area contributed by atoms with Crippen molar-refractivity contribution >= 4 is 23.2 Å². The van der Waals surface area contributed by atoms with Crippen LogP contribution in [-0.2, 0) is 12.6 Å². The molecular weight excluding hydrogens is 393 g/mol. The van der Waals surface area contributed by atoms with E-state index in [1.54, 1.807) is 6.08 Å². The lowest BCUT2D eigenvalue weighted by atomic mass is 10.1. The fraction of sp³-hybridized carbons (Fsp3) is 0.0690. The highest BCUT2D eigenvalue weighted by Gasteiger charge is 2.45. The van der Waals surface area contributed by atoms with Crippen molar-refractivity contribution in [2.45, 2.75) is 12.6 Å². The number of hydrogen-bond donors (Lipinski definition) is 0. The maximum atomic E-state index is 8.80. The van der Waals surface area contributed by atoms with Crippen LogP contribution in [0.1, 0.15) is 11.1 Å². The lowest BCUT2D eigenvalue weighted by Crippen LogP contribution is -2.32. The SMILES string of the molecule is N#CC=CCc1cccc(C[P+](c2ccccc2)(c2ccccc2)c2ccccc2)c1. The van der Waals surface area contributed by atoms with Crippen LogP contribution in [0, 0.1) is 11.3 Å². The third kappa shape index (κ3) is 4.66. The number of hydrogen-bond acceptors (Lipinski definition) is 1. The van der Waals surface area contributed by atoms with Crippen molar-refractivity contribution in [1.82, 2.24) is 0 Å². The van der Waals surface area contributed by atoms with E-state index in [9.17, 15) is 0 Å². The molecule has 1 nitrogen and oxygen atoms in total. The summed E-state index contributed by atoms with van der Waals surface area (Å²) >= 11 is 0. The summed E-state index contributed by atoms with van der Waals surface area (Å²) in [5.74, 6) is 0. The topological polar surface area (TPSA) is 23.8 Å². The zero-order valence-electron chi connectivity index (χ0n) is 17.4. The molecule has 0 bridgehead atoms. The summed E-state index contributed by atoms with van der Waals surface area (Å²) in [6, 6.07) is 43.8. The van der Waals surface area contributed by atoms with E-state index in [0.717, 1.165) is 12.6 Å². The molecule has 31 heavy (non-hydrogen) atoms. The quantitative estimate of drug-likeness (QED) is 0.275. The van der Waals surface area contributed by atoms with E-state index in [1.807, 2.05) is 6.08 Å². The molecule has 0 unspecified atom stereocenters.